The lowest BCUT2D eigenvalue weighted by Crippen LogP contribution is -1.95. The highest BCUT2D eigenvalue weighted by Gasteiger charge is 2.08. The van der Waals surface area contributed by atoms with Crippen molar-refractivity contribution >= 4 is 23.8 Å². The zero-order valence-electron chi connectivity index (χ0n) is 12.6. The molecule has 0 bridgehead atoms. The Morgan fingerprint density at radius 1 is 1.09 bits per heavy atom. The minimum atomic E-state index is 0.440. The number of halogens is 1. The first-order valence-corrected chi connectivity index (χ1v) is 7.51. The maximum atomic E-state index is 6.10. The van der Waals surface area contributed by atoms with Gasteiger partial charge in [0.05, 0.1) is 7.11 Å². The fourth-order valence-electron chi connectivity index (χ4n) is 2.20. The van der Waals surface area contributed by atoms with Crippen molar-refractivity contribution in [3.63, 3.8) is 0 Å². The van der Waals surface area contributed by atoms with Gasteiger partial charge in [-0.1, -0.05) is 53.2 Å². The molecule has 0 N–H and O–H groups in total. The fraction of sp³-hybridized carbons (Fsp3) is 0.111. The Balaban J connectivity index is 1.75. The molecule has 0 amide bonds. The molecule has 2 aromatic carbocycles. The minimum absolute atomic E-state index is 0.440. The molecule has 5 heteroatoms. The lowest BCUT2D eigenvalue weighted by Gasteiger charge is -2.04. The van der Waals surface area contributed by atoms with Crippen LogP contribution in [0.4, 0.5) is 0 Å². The Bertz CT molecular complexity index is 827. The molecule has 116 valence electrons. The van der Waals surface area contributed by atoms with Gasteiger partial charge in [-0.2, -0.15) is 4.98 Å². The van der Waals surface area contributed by atoms with Crippen molar-refractivity contribution in [2.75, 3.05) is 7.11 Å². The van der Waals surface area contributed by atoms with E-state index in [-0.39, 0.29) is 0 Å². The molecule has 3 rings (SSSR count). The molecule has 0 spiro atoms. The van der Waals surface area contributed by atoms with Gasteiger partial charge >= 0.3 is 0 Å². The normalized spacial score (nSPS) is 11.0. The zero-order valence-corrected chi connectivity index (χ0v) is 13.3. The summed E-state index contributed by atoms with van der Waals surface area (Å²) in [6.45, 7) is 0. The van der Waals surface area contributed by atoms with E-state index < -0.39 is 0 Å². The van der Waals surface area contributed by atoms with Crippen LogP contribution in [-0.2, 0) is 6.42 Å². The Hall–Kier alpha value is -2.59. The lowest BCUT2D eigenvalue weighted by molar-refractivity contribution is 0.401. The molecule has 3 aromatic rings. The average Bonchev–Trinajstić information content (AvgIpc) is 3.02. The first-order valence-electron chi connectivity index (χ1n) is 7.13. The molecule has 1 heterocycles. The van der Waals surface area contributed by atoms with Crippen LogP contribution < -0.4 is 4.74 Å². The van der Waals surface area contributed by atoms with Gasteiger partial charge in [0.1, 0.15) is 5.75 Å². The zero-order chi connectivity index (χ0) is 16.1. The molecule has 0 aliphatic heterocycles. The van der Waals surface area contributed by atoms with Gasteiger partial charge in [0, 0.05) is 23.1 Å². The lowest BCUT2D eigenvalue weighted by atomic mass is 10.1. The number of benzene rings is 2. The van der Waals surface area contributed by atoms with Crippen LogP contribution in [0.25, 0.3) is 12.2 Å². The summed E-state index contributed by atoms with van der Waals surface area (Å²) in [7, 11) is 1.65. The second-order valence-corrected chi connectivity index (χ2v) is 5.30. The van der Waals surface area contributed by atoms with Crippen molar-refractivity contribution in [2.45, 2.75) is 6.42 Å². The van der Waals surface area contributed by atoms with E-state index in [2.05, 4.69) is 10.1 Å². The quantitative estimate of drug-likeness (QED) is 0.693. The van der Waals surface area contributed by atoms with Crippen LogP contribution in [0.1, 0.15) is 22.8 Å². The predicted octanol–water partition coefficient (Wildman–Crippen LogP) is 4.49. The van der Waals surface area contributed by atoms with Gasteiger partial charge in [0.25, 0.3) is 5.89 Å². The number of ether oxygens (including phenoxy) is 1. The highest BCUT2D eigenvalue weighted by molar-refractivity contribution is 6.32. The highest BCUT2D eigenvalue weighted by Crippen LogP contribution is 2.20. The molecule has 0 fully saturated rings. The summed E-state index contributed by atoms with van der Waals surface area (Å²) in [5, 5.41) is 4.67. The minimum Gasteiger partial charge on any atom is -0.496 e. The van der Waals surface area contributed by atoms with E-state index in [0.717, 1.165) is 16.9 Å². The van der Waals surface area contributed by atoms with E-state index in [1.165, 1.54) is 0 Å². The number of methoxy groups -OCH3 is 1. The molecule has 0 aliphatic rings. The van der Waals surface area contributed by atoms with Crippen LogP contribution in [0.5, 0.6) is 5.75 Å². The van der Waals surface area contributed by atoms with Gasteiger partial charge in [-0.15, -0.1) is 0 Å². The smallest absolute Gasteiger partial charge is 0.250 e. The van der Waals surface area contributed by atoms with E-state index in [4.69, 9.17) is 20.9 Å². The van der Waals surface area contributed by atoms with E-state index in [9.17, 15) is 0 Å². The largest absolute Gasteiger partial charge is 0.496 e. The first-order chi connectivity index (χ1) is 11.3. The molecule has 0 saturated carbocycles. The maximum absolute atomic E-state index is 6.10. The molecular weight excluding hydrogens is 312 g/mol. The van der Waals surface area contributed by atoms with Crippen molar-refractivity contribution < 1.29 is 9.26 Å². The molecular formula is C18H15ClN2O2. The van der Waals surface area contributed by atoms with Gasteiger partial charge < -0.3 is 9.26 Å². The number of nitrogens with zero attached hydrogens (tertiary/aromatic N) is 2. The fourth-order valence-corrected chi connectivity index (χ4v) is 2.40. The summed E-state index contributed by atoms with van der Waals surface area (Å²) in [4.78, 5) is 4.36. The Labute approximate surface area is 139 Å². The molecule has 0 unspecified atom stereocenters. The molecule has 1 aromatic heterocycles. The average molecular weight is 327 g/mol. The van der Waals surface area contributed by atoms with E-state index in [1.54, 1.807) is 13.2 Å². The van der Waals surface area contributed by atoms with E-state index in [0.29, 0.717) is 23.2 Å². The standard InChI is InChI=1S/C18H15ClN2O2/c1-22-16-9-5-3-7-14(16)12-17-20-18(23-21-17)11-10-13-6-2-4-8-15(13)19/h2-11H,12H2,1H3/b11-10+. The summed E-state index contributed by atoms with van der Waals surface area (Å²) in [5.74, 6) is 1.86. The third kappa shape index (κ3) is 3.79. The Morgan fingerprint density at radius 3 is 2.70 bits per heavy atom. The number of para-hydroxylation sites is 1. The summed E-state index contributed by atoms with van der Waals surface area (Å²) in [5.41, 5.74) is 1.91. The van der Waals surface area contributed by atoms with E-state index in [1.807, 2.05) is 54.6 Å². The van der Waals surface area contributed by atoms with Gasteiger partial charge in [0.2, 0.25) is 0 Å². The summed E-state index contributed by atoms with van der Waals surface area (Å²) in [6, 6.07) is 15.3. The van der Waals surface area contributed by atoms with E-state index >= 15 is 0 Å². The van der Waals surface area contributed by atoms with Crippen LogP contribution in [0.15, 0.2) is 53.1 Å². The number of aromatic nitrogens is 2. The molecule has 0 saturated heterocycles. The van der Waals surface area contributed by atoms with Gasteiger partial charge in [-0.3, -0.25) is 0 Å². The maximum Gasteiger partial charge on any atom is 0.250 e. The monoisotopic (exact) mass is 326 g/mol. The van der Waals surface area contributed by atoms with Crippen molar-refractivity contribution in [2.24, 2.45) is 0 Å². The van der Waals surface area contributed by atoms with Gasteiger partial charge in [0.15, 0.2) is 5.82 Å². The molecule has 0 radical (unpaired) electrons. The third-order valence-electron chi connectivity index (χ3n) is 3.34. The topological polar surface area (TPSA) is 48.2 Å². The molecule has 23 heavy (non-hydrogen) atoms. The second kappa shape index (κ2) is 7.11. The Kier molecular flexibility index (Phi) is 4.74. The number of hydrogen-bond donors (Lipinski definition) is 0. The Morgan fingerprint density at radius 2 is 1.87 bits per heavy atom. The number of rotatable bonds is 5. The third-order valence-corrected chi connectivity index (χ3v) is 3.68. The SMILES string of the molecule is COc1ccccc1Cc1noc(/C=C/c2ccccc2Cl)n1. The first kappa shape index (κ1) is 15.3. The van der Waals surface area contributed by atoms with Crippen molar-refractivity contribution in [1.82, 2.24) is 10.1 Å². The predicted molar refractivity (Wildman–Crippen MR) is 90.5 cm³/mol. The van der Waals surface area contributed by atoms with Crippen LogP contribution in [-0.4, -0.2) is 17.3 Å². The van der Waals surface area contributed by atoms with Crippen LogP contribution in [0.2, 0.25) is 5.02 Å². The van der Waals surface area contributed by atoms with Crippen molar-refractivity contribution in [3.05, 3.63) is 76.4 Å². The van der Waals surface area contributed by atoms with Crippen molar-refractivity contribution in [1.29, 1.82) is 0 Å². The number of hydrogen-bond acceptors (Lipinski definition) is 4. The van der Waals surface area contributed by atoms with Crippen molar-refractivity contribution in [3.8, 4) is 5.75 Å². The summed E-state index contributed by atoms with van der Waals surface area (Å²) < 4.78 is 10.6. The molecule has 0 atom stereocenters. The second-order valence-electron chi connectivity index (χ2n) is 4.89. The molecule has 0 aliphatic carbocycles. The van der Waals surface area contributed by atoms with Crippen LogP contribution in [0, 0.1) is 0 Å². The van der Waals surface area contributed by atoms with Crippen LogP contribution in [0.3, 0.4) is 0 Å². The summed E-state index contributed by atoms with van der Waals surface area (Å²) in [6.07, 6.45) is 4.15. The van der Waals surface area contributed by atoms with Crippen LogP contribution >= 0.6 is 11.6 Å². The highest BCUT2D eigenvalue weighted by atomic mass is 35.5. The van der Waals surface area contributed by atoms with Gasteiger partial charge in [-0.05, 0) is 23.8 Å². The molecule has 4 nitrogen and oxygen atoms in total. The summed E-state index contributed by atoms with van der Waals surface area (Å²) >= 11 is 6.10. The van der Waals surface area contributed by atoms with Gasteiger partial charge in [-0.25, -0.2) is 0 Å².